The first-order valence-electron chi connectivity index (χ1n) is 5.72. The van der Waals surface area contributed by atoms with Crippen molar-refractivity contribution in [2.45, 2.75) is 19.4 Å². The van der Waals surface area contributed by atoms with Gasteiger partial charge in [0, 0.05) is 18.9 Å². The van der Waals surface area contributed by atoms with Gasteiger partial charge in [-0.05, 0) is 37.6 Å². The molecule has 0 atom stereocenters. The number of nitrogens with one attached hydrogen (secondary N) is 1. The Labute approximate surface area is 95.7 Å². The molecule has 2 heterocycles. The van der Waals surface area contributed by atoms with Crippen LogP contribution in [0.1, 0.15) is 18.4 Å². The van der Waals surface area contributed by atoms with E-state index in [0.29, 0.717) is 13.1 Å². The van der Waals surface area contributed by atoms with Gasteiger partial charge in [0.15, 0.2) is 0 Å². The maximum atomic E-state index is 11.6. The highest BCUT2D eigenvalue weighted by molar-refractivity contribution is 5.78. The Bertz CT molecular complexity index is 333. The topological polar surface area (TPSA) is 45.2 Å². The Morgan fingerprint density at radius 3 is 2.94 bits per heavy atom. The third kappa shape index (κ3) is 3.31. The molecule has 16 heavy (non-hydrogen) atoms. The van der Waals surface area contributed by atoms with E-state index in [-0.39, 0.29) is 5.91 Å². The second kappa shape index (κ2) is 5.61. The van der Waals surface area contributed by atoms with Crippen LogP contribution in [-0.4, -0.2) is 35.4 Å². The van der Waals surface area contributed by atoms with Crippen LogP contribution in [0.3, 0.4) is 0 Å². The molecule has 1 aromatic rings. The summed E-state index contributed by atoms with van der Waals surface area (Å²) in [5, 5.41) is 2.91. The Hall–Kier alpha value is -1.42. The second-order valence-corrected chi connectivity index (χ2v) is 4.12. The lowest BCUT2D eigenvalue weighted by atomic mass is 10.3. The number of nitrogens with zero attached hydrogens (tertiary/aromatic N) is 2. The van der Waals surface area contributed by atoms with Crippen LogP contribution in [-0.2, 0) is 11.3 Å². The first-order chi connectivity index (χ1) is 7.84. The molecule has 1 fully saturated rings. The lowest BCUT2D eigenvalue weighted by Gasteiger charge is -2.13. The van der Waals surface area contributed by atoms with Gasteiger partial charge in [0.25, 0.3) is 0 Å². The predicted molar refractivity (Wildman–Crippen MR) is 61.8 cm³/mol. The number of likely N-dealkylation sites (tertiary alicyclic amines) is 1. The minimum absolute atomic E-state index is 0.103. The van der Waals surface area contributed by atoms with Crippen molar-refractivity contribution < 1.29 is 4.79 Å². The van der Waals surface area contributed by atoms with Crippen molar-refractivity contribution in [2.75, 3.05) is 19.6 Å². The van der Waals surface area contributed by atoms with E-state index in [9.17, 15) is 4.79 Å². The van der Waals surface area contributed by atoms with Crippen LogP contribution in [0.5, 0.6) is 0 Å². The van der Waals surface area contributed by atoms with Crippen molar-refractivity contribution in [1.82, 2.24) is 15.2 Å². The van der Waals surface area contributed by atoms with Gasteiger partial charge in [0.05, 0.1) is 6.54 Å². The molecule has 0 aromatic carbocycles. The molecule has 4 heteroatoms. The molecule has 1 saturated heterocycles. The van der Waals surface area contributed by atoms with E-state index >= 15 is 0 Å². The average Bonchev–Trinajstić information content (AvgIpc) is 2.81. The first kappa shape index (κ1) is 11.1. The molecular formula is C12H17N3O. The molecule has 1 N–H and O–H groups in total. The van der Waals surface area contributed by atoms with Crippen molar-refractivity contribution in [3.05, 3.63) is 30.1 Å². The van der Waals surface area contributed by atoms with E-state index in [2.05, 4.69) is 15.2 Å². The van der Waals surface area contributed by atoms with E-state index in [1.807, 2.05) is 12.1 Å². The average molecular weight is 219 g/mol. The summed E-state index contributed by atoms with van der Waals surface area (Å²) >= 11 is 0. The Morgan fingerprint density at radius 1 is 1.44 bits per heavy atom. The molecule has 2 rings (SSSR count). The number of pyridine rings is 1. The largest absolute Gasteiger partial charge is 0.351 e. The summed E-state index contributed by atoms with van der Waals surface area (Å²) in [5.74, 6) is 0.103. The molecule has 86 valence electrons. The van der Waals surface area contributed by atoms with Gasteiger partial charge in [-0.2, -0.15) is 0 Å². The third-order valence-electron chi connectivity index (χ3n) is 2.78. The SMILES string of the molecule is O=C(CN1CCCC1)NCc1cccnc1. The first-order valence-corrected chi connectivity index (χ1v) is 5.72. The molecule has 0 bridgehead atoms. The van der Waals surface area contributed by atoms with Crippen molar-refractivity contribution in [1.29, 1.82) is 0 Å². The lowest BCUT2D eigenvalue weighted by Crippen LogP contribution is -2.35. The van der Waals surface area contributed by atoms with Crippen LogP contribution < -0.4 is 5.32 Å². The molecule has 4 nitrogen and oxygen atoms in total. The number of rotatable bonds is 4. The molecule has 0 saturated carbocycles. The summed E-state index contributed by atoms with van der Waals surface area (Å²) in [6.07, 6.45) is 5.94. The smallest absolute Gasteiger partial charge is 0.234 e. The molecule has 0 spiro atoms. The standard InChI is InChI=1S/C12H17N3O/c16-12(10-15-6-1-2-7-15)14-9-11-4-3-5-13-8-11/h3-5,8H,1-2,6-7,9-10H2,(H,14,16). The van der Waals surface area contributed by atoms with Crippen LogP contribution in [0, 0.1) is 0 Å². The summed E-state index contributed by atoms with van der Waals surface area (Å²) in [7, 11) is 0. The summed E-state index contributed by atoms with van der Waals surface area (Å²) in [6, 6.07) is 3.84. The van der Waals surface area contributed by atoms with Crippen LogP contribution in [0.4, 0.5) is 0 Å². The van der Waals surface area contributed by atoms with Gasteiger partial charge in [0.1, 0.15) is 0 Å². The summed E-state index contributed by atoms with van der Waals surface area (Å²) in [5.41, 5.74) is 1.04. The lowest BCUT2D eigenvalue weighted by molar-refractivity contribution is -0.122. The van der Waals surface area contributed by atoms with Gasteiger partial charge < -0.3 is 5.32 Å². The van der Waals surface area contributed by atoms with Gasteiger partial charge in [-0.25, -0.2) is 0 Å². The van der Waals surface area contributed by atoms with Crippen LogP contribution in [0.25, 0.3) is 0 Å². The van der Waals surface area contributed by atoms with Gasteiger partial charge in [-0.3, -0.25) is 14.7 Å². The van der Waals surface area contributed by atoms with E-state index in [4.69, 9.17) is 0 Å². The van der Waals surface area contributed by atoms with E-state index in [0.717, 1.165) is 18.7 Å². The third-order valence-corrected chi connectivity index (χ3v) is 2.78. The fraction of sp³-hybridized carbons (Fsp3) is 0.500. The fourth-order valence-corrected chi connectivity index (χ4v) is 1.90. The number of carbonyl (C=O) groups is 1. The van der Waals surface area contributed by atoms with E-state index < -0.39 is 0 Å². The molecule has 1 aromatic heterocycles. The van der Waals surface area contributed by atoms with Crippen molar-refractivity contribution in [3.8, 4) is 0 Å². The molecule has 1 aliphatic heterocycles. The van der Waals surface area contributed by atoms with E-state index in [1.165, 1.54) is 12.8 Å². The second-order valence-electron chi connectivity index (χ2n) is 4.12. The molecule has 0 radical (unpaired) electrons. The van der Waals surface area contributed by atoms with Crippen molar-refractivity contribution in [3.63, 3.8) is 0 Å². The predicted octanol–water partition coefficient (Wildman–Crippen LogP) is 0.794. The van der Waals surface area contributed by atoms with Crippen molar-refractivity contribution in [2.24, 2.45) is 0 Å². The van der Waals surface area contributed by atoms with Gasteiger partial charge in [-0.15, -0.1) is 0 Å². The highest BCUT2D eigenvalue weighted by Crippen LogP contribution is 2.06. The molecule has 1 amide bonds. The van der Waals surface area contributed by atoms with Gasteiger partial charge in [0.2, 0.25) is 5.91 Å². The Kier molecular flexibility index (Phi) is 3.88. The molecule has 1 aliphatic rings. The van der Waals surface area contributed by atoms with Crippen LogP contribution in [0.15, 0.2) is 24.5 Å². The van der Waals surface area contributed by atoms with Crippen LogP contribution >= 0.6 is 0 Å². The zero-order chi connectivity index (χ0) is 11.2. The highest BCUT2D eigenvalue weighted by atomic mass is 16.2. The number of aromatic nitrogens is 1. The number of hydrogen-bond acceptors (Lipinski definition) is 3. The summed E-state index contributed by atoms with van der Waals surface area (Å²) in [4.78, 5) is 17.8. The normalized spacial score (nSPS) is 16.2. The summed E-state index contributed by atoms with van der Waals surface area (Å²) in [6.45, 7) is 3.21. The molecular weight excluding hydrogens is 202 g/mol. The highest BCUT2D eigenvalue weighted by Gasteiger charge is 2.14. The van der Waals surface area contributed by atoms with Crippen LogP contribution in [0.2, 0.25) is 0 Å². The number of carbonyl (C=O) groups excluding carboxylic acids is 1. The van der Waals surface area contributed by atoms with E-state index in [1.54, 1.807) is 12.4 Å². The maximum absolute atomic E-state index is 11.6. The molecule has 0 unspecified atom stereocenters. The minimum atomic E-state index is 0.103. The molecule has 0 aliphatic carbocycles. The number of amides is 1. The quantitative estimate of drug-likeness (QED) is 0.814. The Morgan fingerprint density at radius 2 is 2.25 bits per heavy atom. The van der Waals surface area contributed by atoms with Gasteiger partial charge in [-0.1, -0.05) is 6.07 Å². The maximum Gasteiger partial charge on any atom is 0.234 e. The zero-order valence-corrected chi connectivity index (χ0v) is 9.35. The monoisotopic (exact) mass is 219 g/mol. The van der Waals surface area contributed by atoms with Gasteiger partial charge >= 0.3 is 0 Å². The zero-order valence-electron chi connectivity index (χ0n) is 9.35. The fourth-order valence-electron chi connectivity index (χ4n) is 1.90. The number of hydrogen-bond donors (Lipinski definition) is 1. The minimum Gasteiger partial charge on any atom is -0.351 e. The Balaban J connectivity index is 1.71. The summed E-state index contributed by atoms with van der Waals surface area (Å²) < 4.78 is 0. The van der Waals surface area contributed by atoms with Crippen molar-refractivity contribution >= 4 is 5.91 Å².